The Kier molecular flexibility index (Phi) is 4.13. The van der Waals surface area contributed by atoms with Gasteiger partial charge in [0.15, 0.2) is 5.78 Å². The number of nitrogens with zero attached hydrogens (tertiary/aromatic N) is 1. The van der Waals surface area contributed by atoms with Gasteiger partial charge in [-0.15, -0.1) is 0 Å². The number of urea groups is 1. The molecule has 1 heterocycles. The first-order valence-electron chi connectivity index (χ1n) is 7.48. The van der Waals surface area contributed by atoms with E-state index < -0.39 is 6.04 Å². The minimum absolute atomic E-state index is 0.144. The Bertz CT molecular complexity index is 862. The molecule has 24 heavy (non-hydrogen) atoms. The topological polar surface area (TPSA) is 82.0 Å². The Morgan fingerprint density at radius 1 is 1.08 bits per heavy atom. The van der Waals surface area contributed by atoms with Crippen molar-refractivity contribution in [3.05, 3.63) is 82.6 Å². The SMILES string of the molecule is CC1=C(C(=O)c2ccccc2)C(c2ccc(C#N)cc2)NC(=O)N1. The van der Waals surface area contributed by atoms with Crippen LogP contribution in [-0.4, -0.2) is 11.8 Å². The van der Waals surface area contributed by atoms with Crippen LogP contribution in [0.15, 0.2) is 65.9 Å². The van der Waals surface area contributed by atoms with Gasteiger partial charge in [-0.05, 0) is 24.6 Å². The lowest BCUT2D eigenvalue weighted by Gasteiger charge is -2.28. The van der Waals surface area contributed by atoms with Gasteiger partial charge in [-0.3, -0.25) is 4.79 Å². The van der Waals surface area contributed by atoms with Crippen molar-refractivity contribution in [2.45, 2.75) is 13.0 Å². The zero-order valence-electron chi connectivity index (χ0n) is 13.0. The largest absolute Gasteiger partial charge is 0.327 e. The van der Waals surface area contributed by atoms with Gasteiger partial charge in [0.25, 0.3) is 0 Å². The van der Waals surface area contributed by atoms with Crippen LogP contribution in [0.4, 0.5) is 4.79 Å². The van der Waals surface area contributed by atoms with E-state index in [4.69, 9.17) is 5.26 Å². The molecule has 0 fully saturated rings. The van der Waals surface area contributed by atoms with Crippen LogP contribution in [0.25, 0.3) is 0 Å². The molecular formula is C19H15N3O2. The summed E-state index contributed by atoms with van der Waals surface area (Å²) in [5.41, 5.74) is 2.86. The van der Waals surface area contributed by atoms with Crippen LogP contribution in [0, 0.1) is 11.3 Å². The Labute approximate surface area is 139 Å². The van der Waals surface area contributed by atoms with Crippen LogP contribution in [0.2, 0.25) is 0 Å². The number of Topliss-reactive ketones (excluding diaryl/α,β-unsaturated/α-hetero) is 1. The van der Waals surface area contributed by atoms with E-state index in [1.165, 1.54) is 0 Å². The quantitative estimate of drug-likeness (QED) is 0.854. The molecule has 2 aromatic carbocycles. The van der Waals surface area contributed by atoms with Crippen LogP contribution in [-0.2, 0) is 0 Å². The minimum Gasteiger partial charge on any atom is -0.327 e. The van der Waals surface area contributed by atoms with E-state index in [9.17, 15) is 9.59 Å². The van der Waals surface area contributed by atoms with Crippen LogP contribution in [0.5, 0.6) is 0 Å². The van der Waals surface area contributed by atoms with Crippen LogP contribution >= 0.6 is 0 Å². The normalized spacial score (nSPS) is 16.8. The molecule has 1 aliphatic rings. The standard InChI is InChI=1S/C19H15N3O2/c1-12-16(18(23)15-5-3-2-4-6-15)17(22-19(24)21-12)14-9-7-13(11-20)8-10-14/h2-10,17H,1H3,(H2,21,22,24). The lowest BCUT2D eigenvalue weighted by atomic mass is 9.89. The van der Waals surface area contributed by atoms with Gasteiger partial charge in [0.05, 0.1) is 17.7 Å². The number of carbonyl (C=O) groups is 2. The van der Waals surface area contributed by atoms with Gasteiger partial charge in [-0.2, -0.15) is 5.26 Å². The summed E-state index contributed by atoms with van der Waals surface area (Å²) in [7, 11) is 0. The summed E-state index contributed by atoms with van der Waals surface area (Å²) < 4.78 is 0. The molecule has 0 aliphatic carbocycles. The number of hydrogen-bond acceptors (Lipinski definition) is 3. The van der Waals surface area contributed by atoms with Crippen LogP contribution < -0.4 is 10.6 Å². The predicted octanol–water partition coefficient (Wildman–Crippen LogP) is 3.07. The molecule has 1 atom stereocenters. The van der Waals surface area contributed by atoms with Crippen molar-refractivity contribution in [2.24, 2.45) is 0 Å². The first kappa shape index (κ1) is 15.5. The maximum Gasteiger partial charge on any atom is 0.319 e. The van der Waals surface area contributed by atoms with E-state index in [1.54, 1.807) is 55.5 Å². The molecule has 1 unspecified atom stereocenters. The number of carbonyl (C=O) groups excluding carboxylic acids is 2. The fraction of sp³-hybridized carbons (Fsp3) is 0.105. The van der Waals surface area contributed by atoms with E-state index in [-0.39, 0.29) is 11.8 Å². The molecule has 0 radical (unpaired) electrons. The zero-order valence-corrected chi connectivity index (χ0v) is 13.0. The Morgan fingerprint density at radius 2 is 1.75 bits per heavy atom. The van der Waals surface area contributed by atoms with Crippen LogP contribution in [0.3, 0.4) is 0 Å². The molecule has 5 nitrogen and oxygen atoms in total. The molecule has 0 bridgehead atoms. The van der Waals surface area contributed by atoms with Gasteiger partial charge >= 0.3 is 6.03 Å². The molecule has 5 heteroatoms. The van der Waals surface area contributed by atoms with Crippen LogP contribution in [0.1, 0.15) is 34.5 Å². The van der Waals surface area contributed by atoms with E-state index >= 15 is 0 Å². The minimum atomic E-state index is -0.556. The fourth-order valence-corrected chi connectivity index (χ4v) is 2.74. The first-order valence-corrected chi connectivity index (χ1v) is 7.48. The number of benzene rings is 2. The van der Waals surface area contributed by atoms with Crippen molar-refractivity contribution in [3.8, 4) is 6.07 Å². The molecule has 0 spiro atoms. The molecule has 2 N–H and O–H groups in total. The number of nitriles is 1. The summed E-state index contributed by atoms with van der Waals surface area (Å²) in [5.74, 6) is -0.144. The number of hydrogen-bond donors (Lipinski definition) is 2. The van der Waals surface area contributed by atoms with Gasteiger partial charge in [-0.25, -0.2) is 4.79 Å². The van der Waals surface area contributed by atoms with Gasteiger partial charge < -0.3 is 10.6 Å². The molecule has 2 amide bonds. The van der Waals surface area contributed by atoms with E-state index in [0.717, 1.165) is 5.56 Å². The third-order valence-electron chi connectivity index (χ3n) is 3.92. The summed E-state index contributed by atoms with van der Waals surface area (Å²) in [6, 6.07) is 16.9. The van der Waals surface area contributed by atoms with Crippen molar-refractivity contribution < 1.29 is 9.59 Å². The van der Waals surface area contributed by atoms with E-state index in [2.05, 4.69) is 16.7 Å². The average Bonchev–Trinajstić information content (AvgIpc) is 2.61. The van der Waals surface area contributed by atoms with Gasteiger partial charge in [0.2, 0.25) is 0 Å². The third-order valence-corrected chi connectivity index (χ3v) is 3.92. The summed E-state index contributed by atoms with van der Waals surface area (Å²) >= 11 is 0. The molecular weight excluding hydrogens is 302 g/mol. The number of nitrogens with one attached hydrogen (secondary N) is 2. The number of amides is 2. The molecule has 1 aliphatic heterocycles. The van der Waals surface area contributed by atoms with Crippen molar-refractivity contribution >= 4 is 11.8 Å². The smallest absolute Gasteiger partial charge is 0.319 e. The highest BCUT2D eigenvalue weighted by molar-refractivity contribution is 6.11. The lowest BCUT2D eigenvalue weighted by molar-refractivity contribution is 0.102. The van der Waals surface area contributed by atoms with Gasteiger partial charge in [0, 0.05) is 16.8 Å². The van der Waals surface area contributed by atoms with Crippen molar-refractivity contribution in [1.29, 1.82) is 5.26 Å². The fourth-order valence-electron chi connectivity index (χ4n) is 2.74. The Hall–Kier alpha value is -3.39. The maximum absolute atomic E-state index is 12.9. The number of allylic oxidation sites excluding steroid dienone is 1. The molecule has 2 aromatic rings. The third kappa shape index (κ3) is 2.90. The highest BCUT2D eigenvalue weighted by Crippen LogP contribution is 2.29. The predicted molar refractivity (Wildman–Crippen MR) is 89.0 cm³/mol. The molecule has 3 rings (SSSR count). The summed E-state index contributed by atoms with van der Waals surface area (Å²) in [6.07, 6.45) is 0. The highest BCUT2D eigenvalue weighted by Gasteiger charge is 2.31. The molecule has 118 valence electrons. The number of ketones is 1. The van der Waals surface area contributed by atoms with Gasteiger partial charge in [-0.1, -0.05) is 42.5 Å². The lowest BCUT2D eigenvalue weighted by Crippen LogP contribution is -2.45. The Morgan fingerprint density at radius 3 is 2.38 bits per heavy atom. The average molecular weight is 317 g/mol. The molecule has 0 saturated carbocycles. The number of rotatable bonds is 3. The summed E-state index contributed by atoms with van der Waals surface area (Å²) in [5, 5.41) is 14.4. The second kappa shape index (κ2) is 6.39. The second-order valence-electron chi connectivity index (χ2n) is 5.50. The monoisotopic (exact) mass is 317 g/mol. The van der Waals surface area contributed by atoms with Crippen molar-refractivity contribution in [2.75, 3.05) is 0 Å². The first-order chi connectivity index (χ1) is 11.6. The molecule has 0 saturated heterocycles. The molecule has 0 aromatic heterocycles. The maximum atomic E-state index is 12.9. The van der Waals surface area contributed by atoms with E-state index in [1.807, 2.05) is 6.07 Å². The summed E-state index contributed by atoms with van der Waals surface area (Å²) in [4.78, 5) is 24.8. The Balaban J connectivity index is 2.05. The van der Waals surface area contributed by atoms with Gasteiger partial charge in [0.1, 0.15) is 0 Å². The van der Waals surface area contributed by atoms with Crippen molar-refractivity contribution in [1.82, 2.24) is 10.6 Å². The van der Waals surface area contributed by atoms with Crippen molar-refractivity contribution in [3.63, 3.8) is 0 Å². The second-order valence-corrected chi connectivity index (χ2v) is 5.50. The summed E-state index contributed by atoms with van der Waals surface area (Å²) in [6.45, 7) is 1.71. The van der Waals surface area contributed by atoms with E-state index in [0.29, 0.717) is 22.4 Å². The zero-order chi connectivity index (χ0) is 17.1. The highest BCUT2D eigenvalue weighted by atomic mass is 16.2.